The summed E-state index contributed by atoms with van der Waals surface area (Å²) < 4.78 is 17.5. The zero-order valence-electron chi connectivity index (χ0n) is 20.4. The summed E-state index contributed by atoms with van der Waals surface area (Å²) in [5.41, 5.74) is -0.365. The second-order valence-electron chi connectivity index (χ2n) is 9.33. The van der Waals surface area contributed by atoms with Gasteiger partial charge in [-0.15, -0.1) is 4.90 Å². The third-order valence-corrected chi connectivity index (χ3v) is 4.08. The van der Waals surface area contributed by atoms with Crippen LogP contribution in [0.5, 0.6) is 5.88 Å². The van der Waals surface area contributed by atoms with Crippen molar-refractivity contribution in [2.24, 2.45) is 0 Å². The molecule has 182 valence electrons. The highest BCUT2D eigenvalue weighted by Gasteiger charge is 2.35. The number of anilines is 1. The molecule has 1 aromatic carbocycles. The van der Waals surface area contributed by atoms with Gasteiger partial charge in [0.05, 0.1) is 7.11 Å². The van der Waals surface area contributed by atoms with Crippen molar-refractivity contribution in [2.45, 2.75) is 59.4 Å². The van der Waals surface area contributed by atoms with Gasteiger partial charge in [-0.2, -0.15) is 14.7 Å². The summed E-state index contributed by atoms with van der Waals surface area (Å²) in [7, 11) is 1.39. The lowest BCUT2D eigenvalue weighted by molar-refractivity contribution is 0.0427. The first-order valence-electron chi connectivity index (χ1n) is 10.6. The van der Waals surface area contributed by atoms with Crippen molar-refractivity contribution in [1.29, 1.82) is 0 Å². The second-order valence-corrected chi connectivity index (χ2v) is 9.33. The zero-order chi connectivity index (χ0) is 25.1. The van der Waals surface area contributed by atoms with E-state index in [4.69, 9.17) is 19.0 Å². The number of imidazole rings is 1. The summed E-state index contributed by atoms with van der Waals surface area (Å²) in [6.45, 7) is 10.3. The number of hydrogen-bond acceptors (Lipinski definition) is 9. The van der Waals surface area contributed by atoms with Crippen LogP contribution in [0.15, 0.2) is 36.7 Å². The number of ether oxygens (including phenoxy) is 3. The number of rotatable bonds is 5. The summed E-state index contributed by atoms with van der Waals surface area (Å²) in [6, 6.07) is 9.52. The highest BCUT2D eigenvalue weighted by atomic mass is 16.7. The standard InChI is InChI=1S/C23H29N5O6/c1-22(2,3)33-20(29)28(21(30)34-23(4,5)6)19-25-17-16(18(26-19)31-7)24-14-27(17)32-13-15-11-9-8-10-12-15/h8-12,14H,13H2,1-7H3. The van der Waals surface area contributed by atoms with Crippen LogP contribution in [0.1, 0.15) is 47.1 Å². The maximum Gasteiger partial charge on any atom is 0.427 e. The molecule has 11 heteroatoms. The molecule has 0 aliphatic heterocycles. The van der Waals surface area contributed by atoms with Crippen LogP contribution in [0.2, 0.25) is 0 Å². The van der Waals surface area contributed by atoms with E-state index in [1.54, 1.807) is 41.5 Å². The van der Waals surface area contributed by atoms with E-state index in [9.17, 15) is 9.59 Å². The van der Waals surface area contributed by atoms with Crippen LogP contribution >= 0.6 is 0 Å². The normalized spacial score (nSPS) is 11.7. The lowest BCUT2D eigenvalue weighted by atomic mass is 10.2. The van der Waals surface area contributed by atoms with Crippen LogP contribution in [0, 0.1) is 0 Å². The summed E-state index contributed by atoms with van der Waals surface area (Å²) in [6.07, 6.45) is -0.598. The molecule has 0 spiro atoms. The van der Waals surface area contributed by atoms with Crippen LogP contribution in [-0.2, 0) is 16.1 Å². The van der Waals surface area contributed by atoms with Crippen LogP contribution in [-0.4, -0.2) is 50.2 Å². The van der Waals surface area contributed by atoms with Crippen molar-refractivity contribution in [3.8, 4) is 5.88 Å². The van der Waals surface area contributed by atoms with Gasteiger partial charge in [0.1, 0.15) is 24.1 Å². The number of imide groups is 1. The molecule has 0 aliphatic carbocycles. The predicted molar refractivity (Wildman–Crippen MR) is 124 cm³/mol. The van der Waals surface area contributed by atoms with Crippen molar-refractivity contribution in [3.63, 3.8) is 0 Å². The molecule has 0 atom stereocenters. The van der Waals surface area contributed by atoms with Gasteiger partial charge >= 0.3 is 12.2 Å². The molecule has 3 rings (SSSR count). The highest BCUT2D eigenvalue weighted by molar-refractivity contribution is 6.08. The fourth-order valence-electron chi connectivity index (χ4n) is 2.75. The highest BCUT2D eigenvalue weighted by Crippen LogP contribution is 2.26. The molecular formula is C23H29N5O6. The van der Waals surface area contributed by atoms with E-state index in [0.717, 1.165) is 5.56 Å². The average Bonchev–Trinajstić information content (AvgIpc) is 3.13. The Balaban J connectivity index is 2.05. The molecule has 0 bridgehead atoms. The van der Waals surface area contributed by atoms with Gasteiger partial charge in [0.15, 0.2) is 5.52 Å². The van der Waals surface area contributed by atoms with E-state index >= 15 is 0 Å². The fourth-order valence-corrected chi connectivity index (χ4v) is 2.75. The van der Waals surface area contributed by atoms with Gasteiger partial charge in [-0.05, 0) is 47.1 Å². The smallest absolute Gasteiger partial charge is 0.427 e. The minimum atomic E-state index is -1.00. The first-order valence-corrected chi connectivity index (χ1v) is 10.6. The van der Waals surface area contributed by atoms with Crippen molar-refractivity contribution in [1.82, 2.24) is 19.7 Å². The van der Waals surface area contributed by atoms with Gasteiger partial charge in [0.2, 0.25) is 17.5 Å². The lowest BCUT2D eigenvalue weighted by Crippen LogP contribution is -2.44. The Labute approximate surface area is 197 Å². The van der Waals surface area contributed by atoms with E-state index in [-0.39, 0.29) is 29.6 Å². The lowest BCUT2D eigenvalue weighted by Gasteiger charge is -2.27. The molecule has 2 amide bonds. The summed E-state index contributed by atoms with van der Waals surface area (Å²) in [5.74, 6) is -0.267. The van der Waals surface area contributed by atoms with E-state index in [1.807, 2.05) is 30.3 Å². The van der Waals surface area contributed by atoms with E-state index < -0.39 is 23.4 Å². The molecule has 2 heterocycles. The Hall–Kier alpha value is -3.89. The zero-order valence-corrected chi connectivity index (χ0v) is 20.4. The number of carbonyl (C=O) groups excluding carboxylic acids is 2. The number of benzene rings is 1. The minimum absolute atomic E-state index is 0.0409. The van der Waals surface area contributed by atoms with Gasteiger partial charge in [-0.3, -0.25) is 0 Å². The number of hydrogen-bond donors (Lipinski definition) is 0. The SMILES string of the molecule is COc1nc(N(C(=O)OC(C)(C)C)C(=O)OC(C)(C)C)nc2c1ncn2OCc1ccccc1. The van der Waals surface area contributed by atoms with Gasteiger partial charge < -0.3 is 19.0 Å². The van der Waals surface area contributed by atoms with Gasteiger partial charge in [-0.25, -0.2) is 14.6 Å². The molecule has 34 heavy (non-hydrogen) atoms. The van der Waals surface area contributed by atoms with Gasteiger partial charge in [0, 0.05) is 0 Å². The van der Waals surface area contributed by atoms with E-state index in [1.165, 1.54) is 18.2 Å². The van der Waals surface area contributed by atoms with Crippen LogP contribution < -0.4 is 14.5 Å². The van der Waals surface area contributed by atoms with E-state index in [0.29, 0.717) is 4.90 Å². The Morgan fingerprint density at radius 3 is 2.06 bits per heavy atom. The summed E-state index contributed by atoms with van der Waals surface area (Å²) in [4.78, 5) is 45.2. The minimum Gasteiger partial charge on any atom is -0.479 e. The molecule has 0 N–H and O–H groups in total. The van der Waals surface area contributed by atoms with Crippen molar-refractivity contribution >= 4 is 29.3 Å². The third kappa shape index (κ3) is 6.12. The van der Waals surface area contributed by atoms with Crippen LogP contribution in [0.4, 0.5) is 15.5 Å². The molecule has 2 aromatic heterocycles. The molecule has 0 saturated heterocycles. The van der Waals surface area contributed by atoms with Gasteiger partial charge in [-0.1, -0.05) is 30.3 Å². The molecular weight excluding hydrogens is 442 g/mol. The molecule has 0 fully saturated rings. The predicted octanol–water partition coefficient (Wildman–Crippen LogP) is 4.14. The molecule has 11 nitrogen and oxygen atoms in total. The largest absolute Gasteiger partial charge is 0.479 e. The topological polar surface area (TPSA) is 118 Å². The molecule has 3 aromatic rings. The van der Waals surface area contributed by atoms with Crippen molar-refractivity contribution in [2.75, 3.05) is 12.0 Å². The summed E-state index contributed by atoms with van der Waals surface area (Å²) in [5, 5.41) is 0. The quantitative estimate of drug-likeness (QED) is 0.541. The van der Waals surface area contributed by atoms with Crippen molar-refractivity contribution < 1.29 is 28.6 Å². The fraction of sp³-hybridized carbons (Fsp3) is 0.435. The number of amides is 2. The third-order valence-electron chi connectivity index (χ3n) is 4.08. The molecule has 0 aliphatic rings. The number of fused-ring (bicyclic) bond motifs is 1. The van der Waals surface area contributed by atoms with Crippen LogP contribution in [0.3, 0.4) is 0 Å². The Morgan fingerprint density at radius 2 is 1.53 bits per heavy atom. The molecule has 0 radical (unpaired) electrons. The average molecular weight is 472 g/mol. The summed E-state index contributed by atoms with van der Waals surface area (Å²) >= 11 is 0. The second kappa shape index (κ2) is 9.54. The number of methoxy groups -OCH3 is 1. The van der Waals surface area contributed by atoms with Crippen molar-refractivity contribution in [3.05, 3.63) is 42.2 Å². The first-order chi connectivity index (χ1) is 15.9. The Bertz CT molecular complexity index is 1140. The maximum absolute atomic E-state index is 13.0. The van der Waals surface area contributed by atoms with E-state index in [2.05, 4.69) is 15.0 Å². The monoisotopic (exact) mass is 471 g/mol. The maximum atomic E-state index is 13.0. The molecule has 0 unspecified atom stereocenters. The van der Waals surface area contributed by atoms with Gasteiger partial charge in [0.25, 0.3) is 0 Å². The number of nitrogens with zero attached hydrogens (tertiary/aromatic N) is 5. The van der Waals surface area contributed by atoms with Crippen LogP contribution in [0.25, 0.3) is 11.2 Å². The Kier molecular flexibility index (Phi) is 6.94. The number of aromatic nitrogens is 4. The molecule has 0 saturated carbocycles. The number of carbonyl (C=O) groups is 2. The first kappa shape index (κ1) is 24.7. The Morgan fingerprint density at radius 1 is 0.941 bits per heavy atom.